The van der Waals surface area contributed by atoms with Gasteiger partial charge in [0.2, 0.25) is 0 Å². The number of allylic oxidation sites excluding steroid dienone is 8. The van der Waals surface area contributed by atoms with Gasteiger partial charge in [-0.3, -0.25) is 9.40 Å². The number of rotatable bonds is 10. The lowest BCUT2D eigenvalue weighted by Gasteiger charge is -2.34. The summed E-state index contributed by atoms with van der Waals surface area (Å²) in [6, 6.07) is 0.784. The number of hydrogen-bond acceptors (Lipinski definition) is 6. The molecule has 2 atom stereocenters. The van der Waals surface area contributed by atoms with E-state index in [4.69, 9.17) is 10.8 Å². The number of alkyl halides is 1. The minimum absolute atomic E-state index is 0.0243. The van der Waals surface area contributed by atoms with Crippen LogP contribution in [0.3, 0.4) is 0 Å². The van der Waals surface area contributed by atoms with Crippen molar-refractivity contribution in [1.29, 1.82) is 0 Å². The Kier molecular flexibility index (Phi) is 9.96. The van der Waals surface area contributed by atoms with Crippen LogP contribution in [0.5, 0.6) is 0 Å². The molecule has 3 N–H and O–H groups in total. The van der Waals surface area contributed by atoms with Gasteiger partial charge in [-0.25, -0.2) is 26.6 Å². The zero-order valence-corrected chi connectivity index (χ0v) is 24.5. The molecule has 3 aliphatic rings. The second-order valence-electron chi connectivity index (χ2n) is 11.0. The average Bonchev–Trinajstić information content (AvgIpc) is 3.35. The number of piperidine rings is 1. The molecule has 1 aromatic rings. The lowest BCUT2D eigenvalue weighted by Crippen LogP contribution is -2.39. The van der Waals surface area contributed by atoms with Crippen molar-refractivity contribution in [2.75, 3.05) is 13.1 Å². The van der Waals surface area contributed by atoms with E-state index in [1.54, 1.807) is 12.3 Å². The molecule has 0 radical (unpaired) electrons. The van der Waals surface area contributed by atoms with Crippen molar-refractivity contribution < 1.29 is 21.6 Å². The fourth-order valence-corrected chi connectivity index (χ4v) is 6.58. The summed E-state index contributed by atoms with van der Waals surface area (Å²) < 4.78 is 71.6. The van der Waals surface area contributed by atoms with Crippen LogP contribution < -0.4 is 10.5 Å². The fourth-order valence-electron chi connectivity index (χ4n) is 5.25. The Labute approximate surface area is 240 Å². The molecule has 1 saturated heterocycles. The van der Waals surface area contributed by atoms with Gasteiger partial charge in [0, 0.05) is 62.3 Å². The van der Waals surface area contributed by atoms with E-state index in [2.05, 4.69) is 34.7 Å². The van der Waals surface area contributed by atoms with Crippen molar-refractivity contribution in [1.82, 2.24) is 19.4 Å². The van der Waals surface area contributed by atoms with Gasteiger partial charge in [-0.15, -0.1) is 0 Å². The molecule has 3 heterocycles. The summed E-state index contributed by atoms with van der Waals surface area (Å²) in [7, 11) is -4.50. The molecule has 0 saturated carbocycles. The fraction of sp³-hybridized carbons (Fsp3) is 0.517. The van der Waals surface area contributed by atoms with Gasteiger partial charge in [0.05, 0.1) is 17.4 Å². The molecular formula is C29H39F3N6O2S. The van der Waals surface area contributed by atoms with E-state index >= 15 is 0 Å². The van der Waals surface area contributed by atoms with E-state index in [0.29, 0.717) is 30.8 Å². The van der Waals surface area contributed by atoms with E-state index in [9.17, 15) is 21.6 Å². The van der Waals surface area contributed by atoms with Crippen molar-refractivity contribution in [3.63, 3.8) is 0 Å². The van der Waals surface area contributed by atoms with Gasteiger partial charge < -0.3 is 10.6 Å². The predicted molar refractivity (Wildman–Crippen MR) is 155 cm³/mol. The summed E-state index contributed by atoms with van der Waals surface area (Å²) in [6.45, 7) is 7.58. The van der Waals surface area contributed by atoms with Crippen molar-refractivity contribution in [2.45, 2.75) is 83.5 Å². The van der Waals surface area contributed by atoms with Crippen LogP contribution in [0.15, 0.2) is 69.6 Å². The van der Waals surface area contributed by atoms with E-state index in [1.807, 2.05) is 10.8 Å². The van der Waals surface area contributed by atoms with Crippen LogP contribution in [0, 0.1) is 0 Å². The van der Waals surface area contributed by atoms with Crippen LogP contribution in [0.4, 0.5) is 13.2 Å². The van der Waals surface area contributed by atoms with Crippen LogP contribution in [-0.4, -0.2) is 54.6 Å². The summed E-state index contributed by atoms with van der Waals surface area (Å²) in [4.78, 5) is 5.81. The first-order valence-corrected chi connectivity index (χ1v) is 15.5. The second kappa shape index (κ2) is 13.2. The van der Waals surface area contributed by atoms with Crippen molar-refractivity contribution in [3.05, 3.63) is 75.9 Å². The molecule has 0 spiro atoms. The zero-order valence-electron chi connectivity index (χ0n) is 23.7. The van der Waals surface area contributed by atoms with Crippen LogP contribution in [-0.2, 0) is 16.4 Å². The number of aromatic nitrogens is 2. The van der Waals surface area contributed by atoms with Crippen molar-refractivity contribution in [3.8, 4) is 0 Å². The molecule has 1 aliphatic carbocycles. The van der Waals surface area contributed by atoms with Crippen molar-refractivity contribution in [2.24, 2.45) is 10.7 Å². The molecule has 1 aromatic heterocycles. The Morgan fingerprint density at radius 3 is 2.61 bits per heavy atom. The number of nitrogens with two attached hydrogens (primary N) is 1. The molecule has 1 fully saturated rings. The number of sulfonamides is 1. The molecule has 4 rings (SSSR count). The third-order valence-electron chi connectivity index (χ3n) is 7.65. The number of likely N-dealkylation sites (tertiary alicyclic amines) is 1. The molecule has 41 heavy (non-hydrogen) atoms. The van der Waals surface area contributed by atoms with Crippen LogP contribution in [0.25, 0.3) is 0 Å². The molecule has 12 heteroatoms. The van der Waals surface area contributed by atoms with Gasteiger partial charge >= 0.3 is 0 Å². The molecule has 2 unspecified atom stereocenters. The predicted octanol–water partition coefficient (Wildman–Crippen LogP) is 5.37. The van der Waals surface area contributed by atoms with Gasteiger partial charge in [0.1, 0.15) is 28.6 Å². The molecule has 0 amide bonds. The number of aliphatic imine (C=N–C) groups is 1. The summed E-state index contributed by atoms with van der Waals surface area (Å²) in [6.07, 6.45) is 11.9. The Morgan fingerprint density at radius 1 is 1.22 bits per heavy atom. The van der Waals surface area contributed by atoms with Crippen LogP contribution in [0.1, 0.15) is 76.1 Å². The highest BCUT2D eigenvalue weighted by Gasteiger charge is 2.28. The molecule has 224 valence electrons. The highest BCUT2D eigenvalue weighted by Crippen LogP contribution is 2.31. The lowest BCUT2D eigenvalue weighted by molar-refractivity contribution is 0.147. The minimum atomic E-state index is -4.50. The average molecular weight is 593 g/mol. The third-order valence-corrected chi connectivity index (χ3v) is 9.07. The summed E-state index contributed by atoms with van der Waals surface area (Å²) in [5, 5.41) is 4.93. The smallest absolute Gasteiger partial charge is 0.264 e. The summed E-state index contributed by atoms with van der Waals surface area (Å²) in [5.41, 5.74) is 7.56. The SMILES string of the molecule is CC(F)/C(=C\C=C/Cc1nn(C2CCN(C(C)C)CC2)cc1C1C=C(N)N=CC1)NS(=O)(=O)C1=C(F)CCC(F)=C1. The van der Waals surface area contributed by atoms with Gasteiger partial charge in [-0.2, -0.15) is 5.10 Å². The highest BCUT2D eigenvalue weighted by molar-refractivity contribution is 7.93. The molecule has 2 aliphatic heterocycles. The first-order chi connectivity index (χ1) is 19.4. The van der Waals surface area contributed by atoms with Gasteiger partial charge in [-0.1, -0.05) is 12.2 Å². The molecule has 0 bridgehead atoms. The number of halogens is 3. The maximum Gasteiger partial charge on any atom is 0.264 e. The van der Waals surface area contributed by atoms with Crippen LogP contribution in [0.2, 0.25) is 0 Å². The Hall–Kier alpha value is -3.12. The Balaban J connectivity index is 1.53. The largest absolute Gasteiger partial charge is 0.384 e. The maximum absolute atomic E-state index is 14.3. The van der Waals surface area contributed by atoms with Crippen molar-refractivity contribution >= 4 is 16.2 Å². The highest BCUT2D eigenvalue weighted by atomic mass is 32.2. The normalized spacial score (nSPS) is 22.4. The minimum Gasteiger partial charge on any atom is -0.384 e. The van der Waals surface area contributed by atoms with E-state index in [1.165, 1.54) is 12.2 Å². The van der Waals surface area contributed by atoms with Gasteiger partial charge in [-0.05, 0) is 58.3 Å². The first kappa shape index (κ1) is 30.8. The Morgan fingerprint density at radius 2 is 1.95 bits per heavy atom. The summed E-state index contributed by atoms with van der Waals surface area (Å²) in [5.74, 6) is -1.22. The number of hydrogen-bond donors (Lipinski definition) is 2. The standard InChI is InChI=1S/C29H39F3N6O2S/c1-19(2)37-14-11-23(12-15-37)38-18-24(21-10-13-34-29(33)16-21)27(35-38)7-5-4-6-26(20(3)30)36-41(39,40)28-17-22(31)8-9-25(28)32/h4-6,13,16-21,23,36H,7-12,14-15,33H2,1-3H3/b5-4-,26-6+. The number of nitrogens with one attached hydrogen (secondary N) is 1. The first-order valence-electron chi connectivity index (χ1n) is 14.0. The topological polar surface area (TPSA) is 106 Å². The van der Waals surface area contributed by atoms with Gasteiger partial charge in [0.15, 0.2) is 0 Å². The quantitative estimate of drug-likeness (QED) is 0.355. The van der Waals surface area contributed by atoms with Crippen LogP contribution >= 0.6 is 0 Å². The third kappa shape index (κ3) is 7.79. The van der Waals surface area contributed by atoms with Gasteiger partial charge in [0.25, 0.3) is 10.0 Å². The number of nitrogens with zero attached hydrogens (tertiary/aromatic N) is 4. The zero-order chi connectivity index (χ0) is 29.7. The second-order valence-corrected chi connectivity index (χ2v) is 12.6. The van der Waals surface area contributed by atoms with E-state index in [0.717, 1.165) is 44.1 Å². The Bertz CT molecular complexity index is 1400. The monoisotopic (exact) mass is 592 g/mol. The maximum atomic E-state index is 14.3. The molecule has 0 aromatic carbocycles. The summed E-state index contributed by atoms with van der Waals surface area (Å²) >= 11 is 0. The van der Waals surface area contributed by atoms with E-state index in [-0.39, 0.29) is 30.5 Å². The van der Waals surface area contributed by atoms with E-state index < -0.39 is 32.8 Å². The lowest BCUT2D eigenvalue weighted by atomic mass is 9.94. The molecule has 8 nitrogen and oxygen atoms in total. The molecular weight excluding hydrogens is 553 g/mol.